The van der Waals surface area contributed by atoms with Gasteiger partial charge in [0.2, 0.25) is 0 Å². The van der Waals surface area contributed by atoms with Gasteiger partial charge in [0.15, 0.2) is 0 Å². The Morgan fingerprint density at radius 3 is 2.00 bits per heavy atom. The van der Waals surface area contributed by atoms with Crippen molar-refractivity contribution in [3.8, 4) is 0 Å². The summed E-state index contributed by atoms with van der Waals surface area (Å²) in [6.45, 7) is 9.39. The van der Waals surface area contributed by atoms with Crippen LogP contribution in [0.1, 0.15) is 47.0 Å². The van der Waals surface area contributed by atoms with Crippen LogP contribution in [0.4, 0.5) is 0 Å². The van der Waals surface area contributed by atoms with Crippen molar-refractivity contribution >= 4 is 0 Å². The van der Waals surface area contributed by atoms with Gasteiger partial charge < -0.3 is 10.4 Å². The quantitative estimate of drug-likeness (QED) is 0.640. The maximum atomic E-state index is 8.63. The number of aliphatic hydroxyl groups is 1. The van der Waals surface area contributed by atoms with E-state index in [0.29, 0.717) is 12.6 Å². The first-order valence-electron chi connectivity index (χ1n) is 5.27. The molecule has 0 radical (unpaired) electrons. The van der Waals surface area contributed by atoms with Crippen LogP contribution < -0.4 is 5.32 Å². The van der Waals surface area contributed by atoms with Gasteiger partial charge in [0.05, 0.1) is 6.61 Å². The molecule has 0 aliphatic carbocycles. The average molecular weight is 175 g/mol. The number of aliphatic hydroxyl groups excluding tert-OH is 1. The minimum atomic E-state index is 0.306. The molecule has 1 rings (SSSR count). The van der Waals surface area contributed by atoms with E-state index in [1.807, 2.05) is 27.7 Å². The van der Waals surface area contributed by atoms with Crippen LogP contribution in [0.3, 0.4) is 0 Å². The molecule has 2 nitrogen and oxygen atoms in total. The van der Waals surface area contributed by atoms with Gasteiger partial charge >= 0.3 is 0 Å². The molecular weight excluding hydrogens is 150 g/mol. The van der Waals surface area contributed by atoms with Crippen LogP contribution in [-0.4, -0.2) is 24.3 Å². The summed E-state index contributed by atoms with van der Waals surface area (Å²) < 4.78 is 0. The summed E-state index contributed by atoms with van der Waals surface area (Å²) in [6, 6.07) is 0.392. The molecule has 0 aromatic heterocycles. The van der Waals surface area contributed by atoms with Crippen LogP contribution in [0.25, 0.3) is 0 Å². The van der Waals surface area contributed by atoms with Crippen molar-refractivity contribution in [3.05, 3.63) is 0 Å². The Hall–Kier alpha value is -0.0800. The first-order valence-corrected chi connectivity index (χ1v) is 5.27. The van der Waals surface area contributed by atoms with Crippen molar-refractivity contribution < 1.29 is 5.11 Å². The van der Waals surface area contributed by atoms with Gasteiger partial charge in [-0.3, -0.25) is 0 Å². The molecule has 0 saturated carbocycles. The average Bonchev–Trinajstić information content (AvgIpc) is 2.25. The van der Waals surface area contributed by atoms with Crippen molar-refractivity contribution in [2.75, 3.05) is 13.2 Å². The number of nitrogens with one attached hydrogen (secondary N) is 1. The Morgan fingerprint density at radius 2 is 1.75 bits per heavy atom. The molecule has 76 valence electrons. The third-order valence-corrected chi connectivity index (χ3v) is 1.63. The molecule has 1 saturated heterocycles. The van der Waals surface area contributed by atoms with Crippen LogP contribution in [0.2, 0.25) is 0 Å². The molecule has 0 bridgehead atoms. The fourth-order valence-electron chi connectivity index (χ4n) is 1.08. The summed E-state index contributed by atoms with van der Waals surface area (Å²) in [5.74, 6) is 0. The minimum absolute atomic E-state index is 0.306. The predicted octanol–water partition coefficient (Wildman–Crippen LogP) is 2.17. The van der Waals surface area contributed by atoms with E-state index in [2.05, 4.69) is 5.32 Å². The lowest BCUT2D eigenvalue weighted by atomic mass is 10.1. The number of rotatable bonds is 1. The van der Waals surface area contributed by atoms with Gasteiger partial charge in [0.1, 0.15) is 0 Å². The smallest absolute Gasteiger partial charge is 0.0584 e. The van der Waals surface area contributed by atoms with E-state index in [1.54, 1.807) is 0 Å². The second-order valence-corrected chi connectivity index (χ2v) is 2.33. The van der Waals surface area contributed by atoms with Crippen LogP contribution in [-0.2, 0) is 0 Å². The highest BCUT2D eigenvalue weighted by Gasteiger charge is 2.09. The van der Waals surface area contributed by atoms with E-state index in [-0.39, 0.29) is 0 Å². The van der Waals surface area contributed by atoms with Crippen molar-refractivity contribution in [2.24, 2.45) is 0 Å². The molecule has 0 amide bonds. The highest BCUT2D eigenvalue weighted by atomic mass is 16.3. The second-order valence-electron chi connectivity index (χ2n) is 2.33. The fourth-order valence-corrected chi connectivity index (χ4v) is 1.08. The van der Waals surface area contributed by atoms with E-state index in [0.717, 1.165) is 13.0 Å². The Labute approximate surface area is 77.4 Å². The van der Waals surface area contributed by atoms with Crippen LogP contribution >= 0.6 is 0 Å². The summed E-state index contributed by atoms with van der Waals surface area (Å²) >= 11 is 0. The largest absolute Gasteiger partial charge is 0.395 e. The van der Waals surface area contributed by atoms with Gasteiger partial charge in [-0.1, -0.05) is 34.1 Å². The molecule has 0 aromatic rings. The zero-order valence-electron chi connectivity index (χ0n) is 9.06. The Balaban J connectivity index is 0. The molecule has 1 fully saturated rings. The first-order chi connectivity index (χ1) is 5.93. The summed E-state index contributed by atoms with van der Waals surface area (Å²) in [5.41, 5.74) is 0. The standard InChI is InChI=1S/C6H13NO.2C2H6/c8-5-6-3-1-2-4-7-6;2*1-2/h6-8H,1-5H2;2*1-2H3. The molecule has 1 unspecified atom stereocenters. The highest BCUT2D eigenvalue weighted by molar-refractivity contribution is 4.69. The Bertz CT molecular complexity index is 60.9. The lowest BCUT2D eigenvalue weighted by Gasteiger charge is -2.20. The van der Waals surface area contributed by atoms with E-state index in [9.17, 15) is 0 Å². The Morgan fingerprint density at radius 1 is 1.17 bits per heavy atom. The van der Waals surface area contributed by atoms with Gasteiger partial charge in [-0.15, -0.1) is 0 Å². The number of hydrogen-bond donors (Lipinski definition) is 2. The van der Waals surface area contributed by atoms with E-state index >= 15 is 0 Å². The third-order valence-electron chi connectivity index (χ3n) is 1.63. The number of piperidine rings is 1. The summed E-state index contributed by atoms with van der Waals surface area (Å²) in [7, 11) is 0. The Kier molecular flexibility index (Phi) is 16.3. The topological polar surface area (TPSA) is 32.3 Å². The monoisotopic (exact) mass is 175 g/mol. The van der Waals surface area contributed by atoms with Crippen molar-refractivity contribution in [1.29, 1.82) is 0 Å². The zero-order chi connectivity index (χ0) is 9.82. The normalized spacial score (nSPS) is 21.2. The van der Waals surface area contributed by atoms with E-state index in [1.165, 1.54) is 12.8 Å². The molecule has 1 atom stereocenters. The lowest BCUT2D eigenvalue weighted by Crippen LogP contribution is -2.36. The van der Waals surface area contributed by atoms with Gasteiger partial charge in [0, 0.05) is 6.04 Å². The summed E-state index contributed by atoms with van der Waals surface area (Å²) in [5, 5.41) is 11.8. The minimum Gasteiger partial charge on any atom is -0.395 e. The summed E-state index contributed by atoms with van der Waals surface area (Å²) in [4.78, 5) is 0. The molecule has 2 N–H and O–H groups in total. The fraction of sp³-hybridized carbons (Fsp3) is 1.00. The van der Waals surface area contributed by atoms with E-state index in [4.69, 9.17) is 5.11 Å². The summed E-state index contributed by atoms with van der Waals surface area (Å²) in [6.07, 6.45) is 3.70. The van der Waals surface area contributed by atoms with E-state index < -0.39 is 0 Å². The van der Waals surface area contributed by atoms with Gasteiger partial charge in [0.25, 0.3) is 0 Å². The van der Waals surface area contributed by atoms with Crippen LogP contribution in [0, 0.1) is 0 Å². The van der Waals surface area contributed by atoms with Gasteiger partial charge in [-0.2, -0.15) is 0 Å². The highest BCUT2D eigenvalue weighted by Crippen LogP contribution is 2.04. The third kappa shape index (κ3) is 8.02. The van der Waals surface area contributed by atoms with Crippen molar-refractivity contribution in [1.82, 2.24) is 5.32 Å². The van der Waals surface area contributed by atoms with Crippen LogP contribution in [0.15, 0.2) is 0 Å². The zero-order valence-corrected chi connectivity index (χ0v) is 9.06. The second kappa shape index (κ2) is 13.5. The molecule has 1 aliphatic rings. The molecule has 0 aromatic carbocycles. The van der Waals surface area contributed by atoms with Crippen LogP contribution in [0.5, 0.6) is 0 Å². The lowest BCUT2D eigenvalue weighted by molar-refractivity contribution is 0.220. The molecule has 0 spiro atoms. The maximum Gasteiger partial charge on any atom is 0.0584 e. The molecule has 12 heavy (non-hydrogen) atoms. The number of hydrogen-bond acceptors (Lipinski definition) is 2. The first kappa shape index (κ1) is 14.4. The molecule has 1 aliphatic heterocycles. The molecule has 2 heteroatoms. The predicted molar refractivity (Wildman–Crippen MR) is 55.4 cm³/mol. The maximum absolute atomic E-state index is 8.63. The molecular formula is C10H25NO. The van der Waals surface area contributed by atoms with Gasteiger partial charge in [-0.05, 0) is 19.4 Å². The van der Waals surface area contributed by atoms with Gasteiger partial charge in [-0.25, -0.2) is 0 Å². The van der Waals surface area contributed by atoms with Crippen molar-refractivity contribution in [2.45, 2.75) is 53.0 Å². The van der Waals surface area contributed by atoms with Crippen molar-refractivity contribution in [3.63, 3.8) is 0 Å². The molecule has 1 heterocycles. The SMILES string of the molecule is CC.CC.OCC1CCCCN1.